The molecule has 128 valence electrons. The van der Waals surface area contributed by atoms with Crippen LogP contribution in [0.4, 0.5) is 8.78 Å². The first kappa shape index (κ1) is 16.8. The number of H-pyrrole nitrogens is 1. The fourth-order valence-corrected chi connectivity index (χ4v) is 2.74. The Labute approximate surface area is 142 Å². The smallest absolute Gasteiger partial charge is 0.254 e. The van der Waals surface area contributed by atoms with Gasteiger partial charge in [0, 0.05) is 24.0 Å². The molecule has 0 spiro atoms. The van der Waals surface area contributed by atoms with Gasteiger partial charge in [0.05, 0.1) is 11.6 Å². The van der Waals surface area contributed by atoms with Crippen LogP contribution in [0, 0.1) is 11.6 Å². The van der Waals surface area contributed by atoms with Gasteiger partial charge in [-0.05, 0) is 30.7 Å². The molecule has 25 heavy (non-hydrogen) atoms. The average molecular weight is 342 g/mol. The summed E-state index contributed by atoms with van der Waals surface area (Å²) in [6.45, 7) is 1.71. The van der Waals surface area contributed by atoms with Crippen molar-refractivity contribution in [2.24, 2.45) is 0 Å². The maximum Gasteiger partial charge on any atom is 0.254 e. The molecule has 1 aromatic heterocycles. The Morgan fingerprint density at radius 3 is 2.52 bits per heavy atom. The van der Waals surface area contributed by atoms with Gasteiger partial charge in [0.2, 0.25) is 5.56 Å². The number of rotatable bonds is 3. The minimum Gasteiger partial charge on any atom is -0.335 e. The number of nitrogens with zero attached hydrogens (tertiary/aromatic N) is 1. The van der Waals surface area contributed by atoms with Crippen LogP contribution in [-0.4, -0.2) is 22.8 Å². The van der Waals surface area contributed by atoms with E-state index in [0.29, 0.717) is 16.5 Å². The Bertz CT molecular complexity index is 1010. The van der Waals surface area contributed by atoms with E-state index >= 15 is 0 Å². The molecule has 0 fully saturated rings. The minimum absolute atomic E-state index is 0.260. The highest BCUT2D eigenvalue weighted by molar-refractivity contribution is 6.05. The molecule has 3 rings (SSSR count). The van der Waals surface area contributed by atoms with Crippen molar-refractivity contribution < 1.29 is 13.6 Å². The molecule has 0 saturated carbocycles. The van der Waals surface area contributed by atoms with Crippen molar-refractivity contribution in [2.75, 3.05) is 7.05 Å². The van der Waals surface area contributed by atoms with Gasteiger partial charge in [-0.1, -0.05) is 24.3 Å². The number of amides is 1. The van der Waals surface area contributed by atoms with E-state index in [1.165, 1.54) is 17.0 Å². The second-order valence-electron chi connectivity index (χ2n) is 5.86. The normalized spacial score (nSPS) is 12.2. The van der Waals surface area contributed by atoms with E-state index in [-0.39, 0.29) is 17.0 Å². The maximum absolute atomic E-state index is 13.5. The molecule has 0 radical (unpaired) electrons. The topological polar surface area (TPSA) is 53.2 Å². The zero-order valence-corrected chi connectivity index (χ0v) is 13.7. The van der Waals surface area contributed by atoms with Gasteiger partial charge >= 0.3 is 0 Å². The summed E-state index contributed by atoms with van der Waals surface area (Å²) in [5.41, 5.74) is 0.906. The van der Waals surface area contributed by atoms with Gasteiger partial charge < -0.3 is 9.88 Å². The highest BCUT2D eigenvalue weighted by Crippen LogP contribution is 2.24. The molecule has 1 heterocycles. The number of hydrogen-bond acceptors (Lipinski definition) is 2. The van der Waals surface area contributed by atoms with Gasteiger partial charge in [0.15, 0.2) is 11.6 Å². The second kappa shape index (κ2) is 6.47. The van der Waals surface area contributed by atoms with Crippen LogP contribution < -0.4 is 5.56 Å². The van der Waals surface area contributed by atoms with Crippen LogP contribution in [0.15, 0.2) is 53.3 Å². The highest BCUT2D eigenvalue weighted by atomic mass is 19.2. The number of para-hydroxylation sites is 1. The van der Waals surface area contributed by atoms with E-state index in [2.05, 4.69) is 4.98 Å². The maximum atomic E-state index is 13.5. The van der Waals surface area contributed by atoms with Crippen LogP contribution in [0.5, 0.6) is 0 Å². The van der Waals surface area contributed by atoms with Crippen LogP contribution in [0.3, 0.4) is 0 Å². The van der Waals surface area contributed by atoms with Gasteiger partial charge in [0.25, 0.3) is 5.91 Å². The van der Waals surface area contributed by atoms with E-state index in [1.807, 2.05) is 0 Å². The monoisotopic (exact) mass is 342 g/mol. The number of aromatic nitrogens is 1. The number of pyridine rings is 1. The van der Waals surface area contributed by atoms with Gasteiger partial charge in [-0.2, -0.15) is 0 Å². The molecule has 1 atom stereocenters. The Morgan fingerprint density at radius 2 is 1.80 bits per heavy atom. The fourth-order valence-electron chi connectivity index (χ4n) is 2.74. The van der Waals surface area contributed by atoms with Gasteiger partial charge in [0.1, 0.15) is 0 Å². The van der Waals surface area contributed by atoms with Crippen LogP contribution in [0.2, 0.25) is 0 Å². The zero-order chi connectivity index (χ0) is 18.1. The Hall–Kier alpha value is -3.02. The number of carbonyl (C=O) groups is 1. The van der Waals surface area contributed by atoms with Gasteiger partial charge in [-0.25, -0.2) is 8.78 Å². The quantitative estimate of drug-likeness (QED) is 0.790. The molecule has 0 aliphatic heterocycles. The minimum atomic E-state index is -0.966. The van der Waals surface area contributed by atoms with Crippen molar-refractivity contribution in [1.29, 1.82) is 0 Å². The predicted octanol–water partition coefficient (Wildman–Crippen LogP) is 3.64. The lowest BCUT2D eigenvalue weighted by Gasteiger charge is -2.26. The molecule has 0 aliphatic carbocycles. The number of halogens is 2. The number of aromatic amines is 1. The van der Waals surface area contributed by atoms with Gasteiger partial charge in [-0.15, -0.1) is 0 Å². The summed E-state index contributed by atoms with van der Waals surface area (Å²) in [4.78, 5) is 28.8. The second-order valence-corrected chi connectivity index (χ2v) is 5.86. The SMILES string of the molecule is CC(c1ccc(F)c(F)c1)N(C)C(=O)c1cc(=O)[nH]c2ccccc12. The van der Waals surface area contributed by atoms with E-state index in [9.17, 15) is 18.4 Å². The van der Waals surface area contributed by atoms with Crippen molar-refractivity contribution in [3.63, 3.8) is 0 Å². The van der Waals surface area contributed by atoms with E-state index in [4.69, 9.17) is 0 Å². The molecule has 2 aromatic carbocycles. The predicted molar refractivity (Wildman–Crippen MR) is 91.4 cm³/mol. The molecular formula is C19H16F2N2O2. The molecule has 1 amide bonds. The van der Waals surface area contributed by atoms with Crippen LogP contribution in [0.1, 0.15) is 28.9 Å². The number of hydrogen-bond donors (Lipinski definition) is 1. The summed E-state index contributed by atoms with van der Waals surface area (Å²) < 4.78 is 26.6. The summed E-state index contributed by atoms with van der Waals surface area (Å²) in [5.74, 6) is -2.28. The molecule has 0 saturated heterocycles. The highest BCUT2D eigenvalue weighted by Gasteiger charge is 2.22. The summed E-state index contributed by atoms with van der Waals surface area (Å²) in [6, 6.07) is 11.3. The number of nitrogens with one attached hydrogen (secondary N) is 1. The largest absolute Gasteiger partial charge is 0.335 e. The molecule has 1 unspecified atom stereocenters. The third-order valence-electron chi connectivity index (χ3n) is 4.31. The number of benzene rings is 2. The lowest BCUT2D eigenvalue weighted by atomic mass is 10.0. The van der Waals surface area contributed by atoms with Crippen LogP contribution in [-0.2, 0) is 0 Å². The summed E-state index contributed by atoms with van der Waals surface area (Å²) in [6.07, 6.45) is 0. The Morgan fingerprint density at radius 1 is 1.08 bits per heavy atom. The standard InChI is InChI=1S/C19H16F2N2O2/c1-11(12-7-8-15(20)16(21)9-12)23(2)19(25)14-10-18(24)22-17-6-4-3-5-13(14)17/h3-11H,1-2H3,(H,22,24). The number of fused-ring (bicyclic) bond motifs is 1. The first-order valence-corrected chi connectivity index (χ1v) is 7.72. The zero-order valence-electron chi connectivity index (χ0n) is 13.7. The molecule has 0 bridgehead atoms. The van der Waals surface area contributed by atoms with Crippen molar-refractivity contribution in [2.45, 2.75) is 13.0 Å². The summed E-state index contributed by atoms with van der Waals surface area (Å²) in [7, 11) is 1.56. The first-order chi connectivity index (χ1) is 11.9. The molecule has 6 heteroatoms. The third-order valence-corrected chi connectivity index (χ3v) is 4.31. The van der Waals surface area contributed by atoms with Crippen molar-refractivity contribution in [3.05, 3.63) is 81.6 Å². The molecule has 1 N–H and O–H groups in total. The first-order valence-electron chi connectivity index (χ1n) is 7.72. The fraction of sp³-hybridized carbons (Fsp3) is 0.158. The van der Waals surface area contributed by atoms with Crippen molar-refractivity contribution in [1.82, 2.24) is 9.88 Å². The lowest BCUT2D eigenvalue weighted by molar-refractivity contribution is 0.0744. The molecule has 3 aromatic rings. The summed E-state index contributed by atoms with van der Waals surface area (Å²) in [5, 5.41) is 0.622. The van der Waals surface area contributed by atoms with E-state index in [0.717, 1.165) is 12.1 Å². The molecule has 0 aliphatic rings. The summed E-state index contributed by atoms with van der Waals surface area (Å²) >= 11 is 0. The van der Waals surface area contributed by atoms with Crippen LogP contribution in [0.25, 0.3) is 10.9 Å². The van der Waals surface area contributed by atoms with Gasteiger partial charge in [-0.3, -0.25) is 9.59 Å². The molecule has 4 nitrogen and oxygen atoms in total. The van der Waals surface area contributed by atoms with Crippen molar-refractivity contribution >= 4 is 16.8 Å². The Balaban J connectivity index is 2.00. The van der Waals surface area contributed by atoms with E-state index < -0.39 is 17.7 Å². The lowest BCUT2D eigenvalue weighted by Crippen LogP contribution is -2.30. The molecular weight excluding hydrogens is 326 g/mol. The third kappa shape index (κ3) is 3.15. The van der Waals surface area contributed by atoms with E-state index in [1.54, 1.807) is 38.2 Å². The van der Waals surface area contributed by atoms with Crippen LogP contribution >= 0.6 is 0 Å². The average Bonchev–Trinajstić information content (AvgIpc) is 2.61. The number of carbonyl (C=O) groups excluding carboxylic acids is 1. The Kier molecular flexibility index (Phi) is 4.35. The van der Waals surface area contributed by atoms with Crippen molar-refractivity contribution in [3.8, 4) is 0 Å².